The molecule has 0 aliphatic rings. The Morgan fingerprint density at radius 2 is 1.89 bits per heavy atom. The summed E-state index contributed by atoms with van der Waals surface area (Å²) < 4.78 is 11.6. The van der Waals surface area contributed by atoms with E-state index in [9.17, 15) is 4.79 Å². The number of fused-ring (bicyclic) bond motifs is 1. The number of nitrogens with zero attached hydrogens (tertiary/aromatic N) is 1. The van der Waals surface area contributed by atoms with Crippen LogP contribution < -0.4 is 14.9 Å². The first kappa shape index (κ1) is 18.7. The van der Waals surface area contributed by atoms with Gasteiger partial charge in [0, 0.05) is 17.2 Å². The molecule has 0 saturated heterocycles. The van der Waals surface area contributed by atoms with Gasteiger partial charge in [-0.25, -0.2) is 5.43 Å². The lowest BCUT2D eigenvalue weighted by molar-refractivity contribution is 0.0955. The van der Waals surface area contributed by atoms with E-state index in [0.29, 0.717) is 29.3 Å². The van der Waals surface area contributed by atoms with E-state index in [0.717, 1.165) is 22.3 Å². The second-order valence-electron chi connectivity index (χ2n) is 5.60. The number of aromatic amines is 2. The van der Waals surface area contributed by atoms with Crippen LogP contribution in [0.15, 0.2) is 41.5 Å². The molecule has 0 atom stereocenters. The van der Waals surface area contributed by atoms with Gasteiger partial charge in [0.25, 0.3) is 5.91 Å². The number of rotatable bonds is 7. The Bertz CT molecular complexity index is 1040. The molecule has 3 rings (SSSR count). The molecule has 2 aromatic carbocycles. The summed E-state index contributed by atoms with van der Waals surface area (Å²) >= 11 is 5.05. The summed E-state index contributed by atoms with van der Waals surface area (Å²) in [6.45, 7) is 4.91. The Balaban J connectivity index is 1.73. The molecule has 0 bridgehead atoms. The van der Waals surface area contributed by atoms with E-state index < -0.39 is 0 Å². The fourth-order valence-corrected chi connectivity index (χ4v) is 2.78. The van der Waals surface area contributed by atoms with E-state index >= 15 is 0 Å². The fourth-order valence-electron chi connectivity index (χ4n) is 2.56. The zero-order valence-corrected chi connectivity index (χ0v) is 15.9. The summed E-state index contributed by atoms with van der Waals surface area (Å²) in [5, 5.41) is 4.04. The number of hydrazone groups is 1. The first-order valence-corrected chi connectivity index (χ1v) is 8.96. The predicted octanol–water partition coefficient (Wildman–Crippen LogP) is 3.79. The van der Waals surface area contributed by atoms with Crippen molar-refractivity contribution in [2.24, 2.45) is 5.10 Å². The Morgan fingerprint density at radius 1 is 1.11 bits per heavy atom. The van der Waals surface area contributed by atoms with Crippen molar-refractivity contribution >= 4 is 35.4 Å². The molecule has 0 aliphatic carbocycles. The van der Waals surface area contributed by atoms with E-state index in [1.165, 1.54) is 0 Å². The van der Waals surface area contributed by atoms with E-state index in [2.05, 4.69) is 20.5 Å². The number of amides is 1. The van der Waals surface area contributed by atoms with Gasteiger partial charge in [-0.15, -0.1) is 0 Å². The Kier molecular flexibility index (Phi) is 5.87. The van der Waals surface area contributed by atoms with Crippen LogP contribution in [0.1, 0.15) is 29.8 Å². The molecule has 140 valence electrons. The molecule has 7 nitrogen and oxygen atoms in total. The molecule has 27 heavy (non-hydrogen) atoms. The number of hydrogen-bond donors (Lipinski definition) is 3. The molecule has 8 heteroatoms. The lowest BCUT2D eigenvalue weighted by atomic mass is 10.2. The lowest BCUT2D eigenvalue weighted by Gasteiger charge is -2.10. The first-order chi connectivity index (χ1) is 13.1. The maximum atomic E-state index is 12.3. The average Bonchev–Trinajstić information content (AvgIpc) is 3.03. The molecule has 3 aromatic rings. The monoisotopic (exact) mass is 384 g/mol. The molecule has 0 aliphatic heterocycles. The molecule has 0 saturated carbocycles. The van der Waals surface area contributed by atoms with Crippen molar-refractivity contribution in [1.29, 1.82) is 0 Å². The van der Waals surface area contributed by atoms with Gasteiger partial charge in [-0.3, -0.25) is 4.79 Å². The number of carbonyl (C=O) groups excluding carboxylic acids is 1. The SMILES string of the molecule is CCOc1ccc(/C=N\NC(=O)c2ccc3[nH]c(=S)[nH]c3c2)c(OCC)c1. The minimum absolute atomic E-state index is 0.322. The summed E-state index contributed by atoms with van der Waals surface area (Å²) in [5.41, 5.74) is 5.35. The van der Waals surface area contributed by atoms with Gasteiger partial charge < -0.3 is 19.4 Å². The normalized spacial score (nSPS) is 11.0. The minimum atomic E-state index is -0.322. The maximum absolute atomic E-state index is 12.3. The topological polar surface area (TPSA) is 91.5 Å². The van der Waals surface area contributed by atoms with Gasteiger partial charge in [-0.05, 0) is 56.4 Å². The van der Waals surface area contributed by atoms with Crippen molar-refractivity contribution < 1.29 is 14.3 Å². The lowest BCUT2D eigenvalue weighted by Crippen LogP contribution is -2.17. The smallest absolute Gasteiger partial charge is 0.271 e. The van der Waals surface area contributed by atoms with Crippen LogP contribution in [-0.2, 0) is 0 Å². The zero-order valence-electron chi connectivity index (χ0n) is 15.0. The van der Waals surface area contributed by atoms with Crippen molar-refractivity contribution in [3.8, 4) is 11.5 Å². The van der Waals surface area contributed by atoms with Crippen molar-refractivity contribution in [3.05, 3.63) is 52.3 Å². The number of ether oxygens (including phenoxy) is 2. The van der Waals surface area contributed by atoms with Crippen LogP contribution in [0.5, 0.6) is 11.5 Å². The average molecular weight is 384 g/mol. The largest absolute Gasteiger partial charge is 0.494 e. The van der Waals surface area contributed by atoms with Crippen LogP contribution >= 0.6 is 12.2 Å². The molecule has 0 unspecified atom stereocenters. The third kappa shape index (κ3) is 4.53. The van der Waals surface area contributed by atoms with E-state index in [1.807, 2.05) is 26.0 Å². The molecule has 3 N–H and O–H groups in total. The van der Waals surface area contributed by atoms with Gasteiger partial charge in [0.05, 0.1) is 30.5 Å². The van der Waals surface area contributed by atoms with Crippen molar-refractivity contribution in [2.75, 3.05) is 13.2 Å². The summed E-state index contributed by atoms with van der Waals surface area (Å²) in [6, 6.07) is 10.7. The van der Waals surface area contributed by atoms with Crippen LogP contribution in [0.2, 0.25) is 0 Å². The highest BCUT2D eigenvalue weighted by molar-refractivity contribution is 7.71. The number of benzene rings is 2. The molecule has 1 heterocycles. The number of carbonyl (C=O) groups is 1. The van der Waals surface area contributed by atoms with Crippen LogP contribution in [0, 0.1) is 4.77 Å². The molecule has 0 radical (unpaired) electrons. The second-order valence-corrected chi connectivity index (χ2v) is 6.01. The minimum Gasteiger partial charge on any atom is -0.494 e. The van der Waals surface area contributed by atoms with Crippen molar-refractivity contribution in [1.82, 2.24) is 15.4 Å². The summed E-state index contributed by atoms with van der Waals surface area (Å²) in [5.74, 6) is 1.04. The Labute approximate surface area is 161 Å². The predicted molar refractivity (Wildman–Crippen MR) is 107 cm³/mol. The highest BCUT2D eigenvalue weighted by Crippen LogP contribution is 2.24. The molecule has 0 spiro atoms. The number of aromatic nitrogens is 2. The van der Waals surface area contributed by atoms with Crippen LogP contribution in [0.4, 0.5) is 0 Å². The highest BCUT2D eigenvalue weighted by atomic mass is 32.1. The van der Waals surface area contributed by atoms with Crippen molar-refractivity contribution in [2.45, 2.75) is 13.8 Å². The molecular formula is C19H20N4O3S. The van der Waals surface area contributed by atoms with Gasteiger partial charge in [0.1, 0.15) is 11.5 Å². The van der Waals surface area contributed by atoms with Gasteiger partial charge in [-0.2, -0.15) is 5.10 Å². The fraction of sp³-hybridized carbons (Fsp3) is 0.211. The number of nitrogens with one attached hydrogen (secondary N) is 3. The van der Waals surface area contributed by atoms with E-state index in [4.69, 9.17) is 21.7 Å². The summed E-state index contributed by atoms with van der Waals surface area (Å²) in [4.78, 5) is 18.3. The van der Waals surface area contributed by atoms with Crippen LogP contribution in [0.3, 0.4) is 0 Å². The Morgan fingerprint density at radius 3 is 2.67 bits per heavy atom. The van der Waals surface area contributed by atoms with Crippen molar-refractivity contribution in [3.63, 3.8) is 0 Å². The van der Waals surface area contributed by atoms with E-state index in [1.54, 1.807) is 30.5 Å². The molecule has 1 amide bonds. The standard InChI is InChI=1S/C19H20N4O3S/c1-3-25-14-7-5-13(17(10-14)26-4-2)11-20-23-18(24)12-6-8-15-16(9-12)22-19(27)21-15/h5-11H,3-4H2,1-2H3,(H,23,24)(H2,21,22,27)/b20-11-. The molecule has 1 aromatic heterocycles. The van der Waals surface area contributed by atoms with Gasteiger partial charge in [-0.1, -0.05) is 0 Å². The highest BCUT2D eigenvalue weighted by Gasteiger charge is 2.07. The van der Waals surface area contributed by atoms with Crippen LogP contribution in [-0.4, -0.2) is 35.3 Å². The maximum Gasteiger partial charge on any atom is 0.271 e. The van der Waals surface area contributed by atoms with Crippen LogP contribution in [0.25, 0.3) is 11.0 Å². The van der Waals surface area contributed by atoms with Gasteiger partial charge in [0.15, 0.2) is 4.77 Å². The van der Waals surface area contributed by atoms with Gasteiger partial charge in [0.2, 0.25) is 0 Å². The second kappa shape index (κ2) is 8.50. The quantitative estimate of drug-likeness (QED) is 0.328. The first-order valence-electron chi connectivity index (χ1n) is 8.55. The number of imidazole rings is 1. The third-order valence-corrected chi connectivity index (χ3v) is 3.95. The third-order valence-electron chi connectivity index (χ3n) is 3.74. The Hall–Kier alpha value is -3.13. The van der Waals surface area contributed by atoms with E-state index in [-0.39, 0.29) is 5.91 Å². The molecular weight excluding hydrogens is 364 g/mol. The summed E-state index contributed by atoms with van der Waals surface area (Å²) in [6.07, 6.45) is 1.54. The summed E-state index contributed by atoms with van der Waals surface area (Å²) in [7, 11) is 0. The molecule has 0 fully saturated rings. The van der Waals surface area contributed by atoms with Gasteiger partial charge >= 0.3 is 0 Å². The number of H-pyrrole nitrogens is 2. The number of hydrogen-bond acceptors (Lipinski definition) is 5. The zero-order chi connectivity index (χ0) is 19.2.